The third-order valence-corrected chi connectivity index (χ3v) is 0.893. The lowest BCUT2D eigenvalue weighted by atomic mass is 10.5. The molecule has 0 aliphatic heterocycles. The molecule has 0 heterocycles. The number of hydrogen-bond donors (Lipinski definition) is 0. The van der Waals surface area contributed by atoms with Crippen LogP contribution in [0.25, 0.3) is 0 Å². The monoisotopic (exact) mass is 120 g/mol. The molecule has 0 aliphatic carbocycles. The third kappa shape index (κ3) is 3.83. The first-order valence-electron chi connectivity index (χ1n) is 2.11. The first-order valence-corrected chi connectivity index (χ1v) is 2.54. The first kappa shape index (κ1) is 6.99. The quantitative estimate of drug-likeness (QED) is 0.399. The van der Waals surface area contributed by atoms with Gasteiger partial charge < -0.3 is 4.74 Å². The Morgan fingerprint density at radius 2 is 2.29 bits per heavy atom. The molecule has 0 saturated heterocycles. The largest absolute Gasteiger partial charge is 0.362 e. The summed E-state index contributed by atoms with van der Waals surface area (Å²) in [6.07, 6.45) is 3.61. The topological polar surface area (TPSA) is 9.23 Å². The fraction of sp³-hybridized carbons (Fsp3) is 0.600. The van der Waals surface area contributed by atoms with Crippen LogP contribution >= 0.6 is 11.6 Å². The zero-order valence-electron chi connectivity index (χ0n) is 4.52. The first-order chi connectivity index (χ1) is 3.31. The molecule has 0 fully saturated rings. The Bertz CT molecular complexity index is 61.1. The number of allylic oxidation sites excluding steroid dienone is 1. The van der Waals surface area contributed by atoms with E-state index < -0.39 is 0 Å². The van der Waals surface area contributed by atoms with E-state index in [1.807, 2.05) is 13.0 Å². The fourth-order valence-corrected chi connectivity index (χ4v) is 0.375. The predicted molar refractivity (Wildman–Crippen MR) is 31.5 cm³/mol. The van der Waals surface area contributed by atoms with Gasteiger partial charge in [0.2, 0.25) is 0 Å². The molecule has 0 saturated carbocycles. The Morgan fingerprint density at radius 1 is 1.71 bits per heavy atom. The number of alkyl halides is 1. The van der Waals surface area contributed by atoms with Crippen LogP contribution in [0.1, 0.15) is 6.92 Å². The van der Waals surface area contributed by atoms with Gasteiger partial charge in [0.05, 0.1) is 0 Å². The van der Waals surface area contributed by atoms with Crippen molar-refractivity contribution in [2.45, 2.75) is 12.5 Å². The second kappa shape index (κ2) is 4.16. The van der Waals surface area contributed by atoms with Crippen molar-refractivity contribution in [1.29, 1.82) is 0 Å². The van der Waals surface area contributed by atoms with Crippen LogP contribution in [0.2, 0.25) is 0 Å². The molecule has 0 aliphatic rings. The van der Waals surface area contributed by atoms with Gasteiger partial charge in [-0.2, -0.15) is 0 Å². The molecule has 0 aromatic carbocycles. The van der Waals surface area contributed by atoms with E-state index in [2.05, 4.69) is 4.74 Å². The Morgan fingerprint density at radius 3 is 2.43 bits per heavy atom. The number of methoxy groups -OCH3 is 1. The lowest BCUT2D eigenvalue weighted by molar-refractivity contribution is 0.202. The smallest absolute Gasteiger partial charge is 0.149 e. The second-order valence-corrected chi connectivity index (χ2v) is 1.54. The highest BCUT2D eigenvalue weighted by Crippen LogP contribution is 1.95. The van der Waals surface area contributed by atoms with Gasteiger partial charge in [-0.05, 0) is 13.0 Å². The van der Waals surface area contributed by atoms with Crippen molar-refractivity contribution in [3.05, 3.63) is 12.2 Å². The van der Waals surface area contributed by atoms with Crippen LogP contribution in [0, 0.1) is 0 Å². The molecule has 0 bridgehead atoms. The highest BCUT2D eigenvalue weighted by atomic mass is 35.5. The summed E-state index contributed by atoms with van der Waals surface area (Å²) < 4.78 is 4.67. The maximum absolute atomic E-state index is 5.46. The summed E-state index contributed by atoms with van der Waals surface area (Å²) in [5.74, 6) is 0. The zero-order valence-corrected chi connectivity index (χ0v) is 5.27. The Balaban J connectivity index is 3.16. The Hall–Kier alpha value is -0.0100. The lowest BCUT2D eigenvalue weighted by Crippen LogP contribution is -1.93. The van der Waals surface area contributed by atoms with Crippen LogP contribution in [0.15, 0.2) is 12.2 Å². The van der Waals surface area contributed by atoms with Gasteiger partial charge in [-0.15, -0.1) is 0 Å². The predicted octanol–water partition coefficient (Wildman–Crippen LogP) is 1.77. The molecule has 0 amide bonds. The van der Waals surface area contributed by atoms with Crippen molar-refractivity contribution in [2.75, 3.05) is 7.11 Å². The summed E-state index contributed by atoms with van der Waals surface area (Å²) in [7, 11) is 1.57. The van der Waals surface area contributed by atoms with Gasteiger partial charge in [-0.1, -0.05) is 17.7 Å². The minimum atomic E-state index is -0.259. The molecule has 0 aromatic heterocycles. The molecular formula is C5H9ClO. The molecular weight excluding hydrogens is 112 g/mol. The summed E-state index contributed by atoms with van der Waals surface area (Å²) in [5, 5.41) is 0. The maximum atomic E-state index is 5.46. The van der Waals surface area contributed by atoms with Crippen molar-refractivity contribution in [3.63, 3.8) is 0 Å². The highest BCUT2D eigenvalue weighted by Gasteiger charge is 1.88. The summed E-state index contributed by atoms with van der Waals surface area (Å²) in [6.45, 7) is 1.90. The molecule has 0 aromatic rings. The summed E-state index contributed by atoms with van der Waals surface area (Å²) in [4.78, 5) is 0. The van der Waals surface area contributed by atoms with Crippen LogP contribution < -0.4 is 0 Å². The molecule has 0 rings (SSSR count). The average molecular weight is 121 g/mol. The van der Waals surface area contributed by atoms with Gasteiger partial charge in [-0.3, -0.25) is 0 Å². The van der Waals surface area contributed by atoms with Gasteiger partial charge in [-0.25, -0.2) is 0 Å². The number of halogens is 1. The molecule has 2 heteroatoms. The molecule has 0 radical (unpaired) electrons. The van der Waals surface area contributed by atoms with Crippen LogP contribution in [0.3, 0.4) is 0 Å². The average Bonchev–Trinajstić information content (AvgIpc) is 1.68. The van der Waals surface area contributed by atoms with Crippen molar-refractivity contribution in [2.24, 2.45) is 0 Å². The number of rotatable bonds is 2. The van der Waals surface area contributed by atoms with Gasteiger partial charge in [0.15, 0.2) is 0 Å². The summed E-state index contributed by atoms with van der Waals surface area (Å²) in [6, 6.07) is 0. The molecule has 0 N–H and O–H groups in total. The molecule has 1 unspecified atom stereocenters. The third-order valence-electron chi connectivity index (χ3n) is 0.569. The minimum Gasteiger partial charge on any atom is -0.362 e. The maximum Gasteiger partial charge on any atom is 0.149 e. The van der Waals surface area contributed by atoms with Crippen LogP contribution in [0.4, 0.5) is 0 Å². The van der Waals surface area contributed by atoms with Crippen molar-refractivity contribution in [1.82, 2.24) is 0 Å². The minimum absolute atomic E-state index is 0.259. The van der Waals surface area contributed by atoms with E-state index in [0.29, 0.717) is 0 Å². The van der Waals surface area contributed by atoms with E-state index in [1.54, 1.807) is 13.2 Å². The van der Waals surface area contributed by atoms with Crippen LogP contribution in [0.5, 0.6) is 0 Å². The molecule has 0 spiro atoms. The normalized spacial score (nSPS) is 15.3. The van der Waals surface area contributed by atoms with Crippen molar-refractivity contribution in [3.8, 4) is 0 Å². The van der Waals surface area contributed by atoms with E-state index in [9.17, 15) is 0 Å². The molecule has 42 valence electrons. The van der Waals surface area contributed by atoms with Gasteiger partial charge in [0.1, 0.15) is 5.56 Å². The lowest BCUT2D eigenvalue weighted by Gasteiger charge is -1.95. The van der Waals surface area contributed by atoms with E-state index >= 15 is 0 Å². The standard InChI is InChI=1S/C5H9ClO/c1-3-4-5(6)7-2/h3-5H,1-2H3. The summed E-state index contributed by atoms with van der Waals surface area (Å²) in [5.41, 5.74) is -0.259. The Kier molecular flexibility index (Phi) is 4.15. The van der Waals surface area contributed by atoms with Gasteiger partial charge in [0, 0.05) is 7.11 Å². The Labute approximate surface area is 48.9 Å². The molecule has 1 atom stereocenters. The van der Waals surface area contributed by atoms with Gasteiger partial charge in [0.25, 0.3) is 0 Å². The molecule has 7 heavy (non-hydrogen) atoms. The van der Waals surface area contributed by atoms with E-state index in [1.165, 1.54) is 0 Å². The number of hydrogen-bond acceptors (Lipinski definition) is 1. The highest BCUT2D eigenvalue weighted by molar-refractivity contribution is 6.20. The second-order valence-electron chi connectivity index (χ2n) is 1.11. The van der Waals surface area contributed by atoms with Crippen molar-refractivity contribution >= 4 is 11.6 Å². The zero-order chi connectivity index (χ0) is 5.70. The summed E-state index contributed by atoms with van der Waals surface area (Å²) >= 11 is 5.46. The van der Waals surface area contributed by atoms with E-state index in [4.69, 9.17) is 11.6 Å². The SMILES string of the molecule is CC=CC(Cl)OC. The van der Waals surface area contributed by atoms with Crippen LogP contribution in [-0.4, -0.2) is 12.7 Å². The van der Waals surface area contributed by atoms with Gasteiger partial charge >= 0.3 is 0 Å². The fourth-order valence-electron chi connectivity index (χ4n) is 0.230. The van der Waals surface area contributed by atoms with E-state index in [-0.39, 0.29) is 5.56 Å². The number of ether oxygens (including phenoxy) is 1. The van der Waals surface area contributed by atoms with E-state index in [0.717, 1.165) is 0 Å². The molecule has 1 nitrogen and oxygen atoms in total. The van der Waals surface area contributed by atoms with Crippen LogP contribution in [-0.2, 0) is 4.74 Å². The van der Waals surface area contributed by atoms with Crippen molar-refractivity contribution < 1.29 is 4.74 Å².